The normalized spacial score (nSPS) is 10.9. The van der Waals surface area contributed by atoms with Crippen LogP contribution in [0.4, 0.5) is 0 Å². The maximum absolute atomic E-state index is 5.18. The number of aryl methyl sites for hydroxylation is 3. The van der Waals surface area contributed by atoms with Gasteiger partial charge in [-0.3, -0.25) is 4.40 Å². The third kappa shape index (κ3) is 1.35. The van der Waals surface area contributed by atoms with Crippen molar-refractivity contribution in [3.05, 3.63) is 17.2 Å². The standard InChI is InChI=1S/C10H14N4O/c1-5-8-12-13-9-6(2)10(15-4)11-7(3)14(8)9/h5H2,1-4H3. The Bertz CT molecular complexity index is 504. The Kier molecular flexibility index (Phi) is 2.30. The third-order valence-corrected chi connectivity index (χ3v) is 2.48. The van der Waals surface area contributed by atoms with E-state index in [1.165, 1.54) is 0 Å². The fraction of sp³-hybridized carbons (Fsp3) is 0.500. The Morgan fingerprint density at radius 2 is 2.00 bits per heavy atom. The fourth-order valence-corrected chi connectivity index (χ4v) is 1.70. The van der Waals surface area contributed by atoms with Gasteiger partial charge in [0.2, 0.25) is 5.88 Å². The van der Waals surface area contributed by atoms with Crippen LogP contribution in [0.3, 0.4) is 0 Å². The van der Waals surface area contributed by atoms with Crippen LogP contribution in [0.2, 0.25) is 0 Å². The van der Waals surface area contributed by atoms with E-state index in [4.69, 9.17) is 4.74 Å². The van der Waals surface area contributed by atoms with E-state index in [0.717, 1.165) is 29.3 Å². The van der Waals surface area contributed by atoms with Crippen molar-refractivity contribution in [2.24, 2.45) is 0 Å². The monoisotopic (exact) mass is 206 g/mol. The summed E-state index contributed by atoms with van der Waals surface area (Å²) >= 11 is 0. The molecule has 0 aliphatic heterocycles. The molecule has 0 fully saturated rings. The molecule has 0 radical (unpaired) electrons. The molecule has 0 unspecified atom stereocenters. The summed E-state index contributed by atoms with van der Waals surface area (Å²) in [7, 11) is 1.61. The lowest BCUT2D eigenvalue weighted by Crippen LogP contribution is -2.04. The molecular weight excluding hydrogens is 192 g/mol. The Morgan fingerprint density at radius 1 is 1.27 bits per heavy atom. The molecule has 0 bridgehead atoms. The zero-order valence-corrected chi connectivity index (χ0v) is 9.40. The largest absolute Gasteiger partial charge is 0.481 e. The molecule has 0 saturated carbocycles. The van der Waals surface area contributed by atoms with Gasteiger partial charge in [-0.2, -0.15) is 4.98 Å². The van der Waals surface area contributed by atoms with E-state index in [-0.39, 0.29) is 0 Å². The number of hydrogen-bond donors (Lipinski definition) is 0. The molecule has 2 aromatic rings. The van der Waals surface area contributed by atoms with Gasteiger partial charge in [-0.1, -0.05) is 6.92 Å². The minimum Gasteiger partial charge on any atom is -0.481 e. The molecule has 0 aromatic carbocycles. The minimum atomic E-state index is 0.620. The highest BCUT2D eigenvalue weighted by molar-refractivity contribution is 5.52. The molecule has 80 valence electrons. The van der Waals surface area contributed by atoms with Crippen LogP contribution in [0.1, 0.15) is 24.1 Å². The van der Waals surface area contributed by atoms with Crippen LogP contribution in [0.25, 0.3) is 5.65 Å². The molecule has 0 aliphatic rings. The molecule has 0 N–H and O–H groups in total. The topological polar surface area (TPSA) is 52.3 Å². The van der Waals surface area contributed by atoms with Crippen molar-refractivity contribution in [1.82, 2.24) is 19.6 Å². The van der Waals surface area contributed by atoms with Crippen LogP contribution >= 0.6 is 0 Å². The Labute approximate surface area is 88.1 Å². The van der Waals surface area contributed by atoms with Crippen molar-refractivity contribution in [3.8, 4) is 5.88 Å². The van der Waals surface area contributed by atoms with E-state index < -0.39 is 0 Å². The quantitative estimate of drug-likeness (QED) is 0.743. The first kappa shape index (κ1) is 9.89. The summed E-state index contributed by atoms with van der Waals surface area (Å²) < 4.78 is 7.15. The third-order valence-electron chi connectivity index (χ3n) is 2.48. The van der Waals surface area contributed by atoms with Crippen molar-refractivity contribution in [2.45, 2.75) is 27.2 Å². The Balaban J connectivity index is 2.83. The number of rotatable bonds is 2. The van der Waals surface area contributed by atoms with Gasteiger partial charge in [-0.25, -0.2) is 0 Å². The first-order valence-electron chi connectivity index (χ1n) is 4.94. The lowest BCUT2D eigenvalue weighted by Gasteiger charge is -2.07. The van der Waals surface area contributed by atoms with Crippen molar-refractivity contribution >= 4 is 5.65 Å². The molecule has 0 spiro atoms. The summed E-state index contributed by atoms with van der Waals surface area (Å²) in [5.41, 5.74) is 1.76. The molecule has 0 amide bonds. The van der Waals surface area contributed by atoms with Crippen LogP contribution in [-0.4, -0.2) is 26.7 Å². The SMILES string of the molecule is CCc1nnc2c(C)c(OC)nc(C)n12. The van der Waals surface area contributed by atoms with Gasteiger partial charge >= 0.3 is 0 Å². The van der Waals surface area contributed by atoms with E-state index in [0.29, 0.717) is 5.88 Å². The molecular formula is C10H14N4O. The van der Waals surface area contributed by atoms with Crippen LogP contribution in [0, 0.1) is 13.8 Å². The summed E-state index contributed by atoms with van der Waals surface area (Å²) in [4.78, 5) is 4.36. The average molecular weight is 206 g/mol. The number of methoxy groups -OCH3 is 1. The molecule has 2 heterocycles. The fourth-order valence-electron chi connectivity index (χ4n) is 1.70. The van der Waals surface area contributed by atoms with E-state index in [2.05, 4.69) is 22.1 Å². The van der Waals surface area contributed by atoms with Crippen molar-refractivity contribution < 1.29 is 4.74 Å². The van der Waals surface area contributed by atoms with E-state index in [1.54, 1.807) is 7.11 Å². The van der Waals surface area contributed by atoms with Crippen molar-refractivity contribution in [3.63, 3.8) is 0 Å². The second kappa shape index (κ2) is 3.49. The van der Waals surface area contributed by atoms with E-state index >= 15 is 0 Å². The van der Waals surface area contributed by atoms with Gasteiger partial charge < -0.3 is 4.74 Å². The van der Waals surface area contributed by atoms with Gasteiger partial charge in [0.05, 0.1) is 12.7 Å². The van der Waals surface area contributed by atoms with Crippen molar-refractivity contribution in [1.29, 1.82) is 0 Å². The maximum atomic E-state index is 5.18. The Hall–Kier alpha value is -1.65. The van der Waals surface area contributed by atoms with Crippen molar-refractivity contribution in [2.75, 3.05) is 7.11 Å². The van der Waals surface area contributed by atoms with Gasteiger partial charge in [0.25, 0.3) is 0 Å². The zero-order chi connectivity index (χ0) is 11.0. The molecule has 5 heteroatoms. The first-order chi connectivity index (χ1) is 7.19. The molecule has 2 aromatic heterocycles. The highest BCUT2D eigenvalue weighted by atomic mass is 16.5. The molecule has 5 nitrogen and oxygen atoms in total. The van der Waals surface area contributed by atoms with Gasteiger partial charge in [0, 0.05) is 6.42 Å². The molecule has 2 rings (SSSR count). The van der Waals surface area contributed by atoms with Crippen LogP contribution < -0.4 is 4.74 Å². The van der Waals surface area contributed by atoms with Gasteiger partial charge in [-0.05, 0) is 13.8 Å². The average Bonchev–Trinajstić information content (AvgIpc) is 2.67. The smallest absolute Gasteiger partial charge is 0.221 e. The lowest BCUT2D eigenvalue weighted by atomic mass is 10.3. The number of ether oxygens (including phenoxy) is 1. The van der Waals surface area contributed by atoms with Crippen LogP contribution in [0.15, 0.2) is 0 Å². The zero-order valence-electron chi connectivity index (χ0n) is 9.40. The van der Waals surface area contributed by atoms with Gasteiger partial charge in [0.15, 0.2) is 5.65 Å². The predicted molar refractivity (Wildman–Crippen MR) is 56.2 cm³/mol. The number of nitrogens with zero attached hydrogens (tertiary/aromatic N) is 4. The number of hydrogen-bond acceptors (Lipinski definition) is 4. The van der Waals surface area contributed by atoms with Gasteiger partial charge in [-0.15, -0.1) is 10.2 Å². The maximum Gasteiger partial charge on any atom is 0.221 e. The minimum absolute atomic E-state index is 0.620. The first-order valence-corrected chi connectivity index (χ1v) is 4.94. The summed E-state index contributed by atoms with van der Waals surface area (Å²) in [6.45, 7) is 5.92. The highest BCUT2D eigenvalue weighted by Crippen LogP contribution is 2.20. The highest BCUT2D eigenvalue weighted by Gasteiger charge is 2.13. The number of fused-ring (bicyclic) bond motifs is 1. The number of aromatic nitrogens is 4. The molecule has 15 heavy (non-hydrogen) atoms. The summed E-state index contributed by atoms with van der Waals surface area (Å²) in [6.07, 6.45) is 0.843. The van der Waals surface area contributed by atoms with Gasteiger partial charge in [0.1, 0.15) is 11.6 Å². The molecule has 0 atom stereocenters. The summed E-state index contributed by atoms with van der Waals surface area (Å²) in [6, 6.07) is 0. The lowest BCUT2D eigenvalue weighted by molar-refractivity contribution is 0.392. The second-order valence-electron chi connectivity index (χ2n) is 3.42. The summed E-state index contributed by atoms with van der Waals surface area (Å²) in [5, 5.41) is 8.28. The second-order valence-corrected chi connectivity index (χ2v) is 3.42. The Morgan fingerprint density at radius 3 is 2.60 bits per heavy atom. The summed E-state index contributed by atoms with van der Waals surface area (Å²) in [5.74, 6) is 2.41. The predicted octanol–water partition coefficient (Wildman–Crippen LogP) is 1.31. The van der Waals surface area contributed by atoms with E-state index in [9.17, 15) is 0 Å². The van der Waals surface area contributed by atoms with Crippen LogP contribution in [-0.2, 0) is 6.42 Å². The molecule has 0 aliphatic carbocycles. The molecule has 0 saturated heterocycles. The van der Waals surface area contributed by atoms with E-state index in [1.807, 2.05) is 18.2 Å². The van der Waals surface area contributed by atoms with Crippen LogP contribution in [0.5, 0.6) is 5.88 Å².